The van der Waals surface area contributed by atoms with Gasteiger partial charge in [0.2, 0.25) is 0 Å². The molecule has 0 aliphatic rings. The van der Waals surface area contributed by atoms with Gasteiger partial charge in [0.05, 0.1) is 0 Å². The molecule has 0 saturated heterocycles. The second kappa shape index (κ2) is 4.72. The predicted molar refractivity (Wildman–Crippen MR) is 40.9 cm³/mol. The van der Waals surface area contributed by atoms with Gasteiger partial charge >= 0.3 is 72.9 Å². The van der Waals surface area contributed by atoms with Gasteiger partial charge in [0.25, 0.3) is 0 Å². The topological polar surface area (TPSA) is 0 Å². The van der Waals surface area contributed by atoms with Gasteiger partial charge in [0.15, 0.2) is 0 Å². The first-order chi connectivity index (χ1) is 4.93. The summed E-state index contributed by atoms with van der Waals surface area (Å²) in [6.07, 6.45) is 1.28. The molecule has 10 heavy (non-hydrogen) atoms. The Morgan fingerprint density at radius 3 is 2.50 bits per heavy atom. The third-order valence-electron chi connectivity index (χ3n) is 1.41. The molecule has 0 aromatic heterocycles. The van der Waals surface area contributed by atoms with Crippen molar-refractivity contribution in [2.75, 3.05) is 9.36 Å². The van der Waals surface area contributed by atoms with Gasteiger partial charge in [-0.15, -0.1) is 0 Å². The number of alkyl halides is 2. The number of hydrogen-bond acceptors (Lipinski definition) is 0. The first-order valence-electron chi connectivity index (χ1n) is 3.41. The first kappa shape index (κ1) is 8.05. The molecule has 0 fully saturated rings. The molecular formula is C9H12I-. The maximum atomic E-state index is 2.34. The van der Waals surface area contributed by atoms with Crippen LogP contribution in [0.1, 0.15) is 5.56 Å². The summed E-state index contributed by atoms with van der Waals surface area (Å²) in [6.45, 7) is 0. The van der Waals surface area contributed by atoms with Crippen molar-refractivity contribution in [1.82, 2.24) is 0 Å². The molecule has 0 N–H and O–H groups in total. The summed E-state index contributed by atoms with van der Waals surface area (Å²) in [5.74, 6) is 0. The van der Waals surface area contributed by atoms with E-state index >= 15 is 0 Å². The Balaban J connectivity index is 2.43. The number of hydrogen-bond donors (Lipinski definition) is 0. The van der Waals surface area contributed by atoms with Gasteiger partial charge in [-0.05, 0) is 0 Å². The first-order valence-corrected chi connectivity index (χ1v) is 7.09. The summed E-state index contributed by atoms with van der Waals surface area (Å²) >= 11 is 0.482. The predicted octanol–water partition coefficient (Wildman–Crippen LogP) is -1.05. The number of aryl methyl sites for hydroxylation is 1. The SMILES string of the molecule is C[I-]CCc1ccccc1. The molecule has 1 aromatic carbocycles. The monoisotopic (exact) mass is 247 g/mol. The minimum absolute atomic E-state index is 0.482. The van der Waals surface area contributed by atoms with E-state index < -0.39 is 0 Å². The van der Waals surface area contributed by atoms with Gasteiger partial charge in [-0.2, -0.15) is 0 Å². The zero-order valence-electron chi connectivity index (χ0n) is 6.18. The molecule has 0 aliphatic carbocycles. The van der Waals surface area contributed by atoms with Gasteiger partial charge in [-0.3, -0.25) is 0 Å². The van der Waals surface area contributed by atoms with Crippen molar-refractivity contribution < 1.29 is 21.2 Å². The zero-order valence-corrected chi connectivity index (χ0v) is 8.34. The average molecular weight is 247 g/mol. The van der Waals surface area contributed by atoms with Crippen molar-refractivity contribution >= 4 is 0 Å². The van der Waals surface area contributed by atoms with Gasteiger partial charge < -0.3 is 0 Å². The summed E-state index contributed by atoms with van der Waals surface area (Å²) in [5, 5.41) is 0. The van der Waals surface area contributed by atoms with E-state index in [4.69, 9.17) is 0 Å². The van der Waals surface area contributed by atoms with Gasteiger partial charge in [-0.1, -0.05) is 0 Å². The standard InChI is InChI=1S/C9H12I/c1-10-8-7-9-5-3-2-4-6-9/h2-6H,7-8H2,1H3/q-1. The second-order valence-electron chi connectivity index (χ2n) is 2.19. The fraction of sp³-hybridized carbons (Fsp3) is 0.333. The Kier molecular flexibility index (Phi) is 3.80. The average Bonchev–Trinajstić information content (AvgIpc) is 2.03. The zero-order chi connectivity index (χ0) is 7.23. The Labute approximate surface area is 72.9 Å². The van der Waals surface area contributed by atoms with Crippen LogP contribution in [0.25, 0.3) is 0 Å². The Hall–Kier alpha value is -0.0500. The van der Waals surface area contributed by atoms with E-state index in [-0.39, 0.29) is 0 Å². The molecule has 0 saturated carbocycles. The van der Waals surface area contributed by atoms with Crippen LogP contribution in [-0.4, -0.2) is 9.36 Å². The molecule has 1 rings (SSSR count). The minimum atomic E-state index is 0.482. The van der Waals surface area contributed by atoms with Crippen LogP contribution in [-0.2, 0) is 6.42 Å². The van der Waals surface area contributed by atoms with Gasteiger partial charge in [0.1, 0.15) is 0 Å². The van der Waals surface area contributed by atoms with Crippen LogP contribution in [0.15, 0.2) is 30.3 Å². The molecule has 0 amide bonds. The molecule has 0 unspecified atom stereocenters. The van der Waals surface area contributed by atoms with Crippen molar-refractivity contribution in [3.63, 3.8) is 0 Å². The normalized spacial score (nSPS) is 10.1. The van der Waals surface area contributed by atoms with Crippen molar-refractivity contribution in [2.45, 2.75) is 6.42 Å². The molecular weight excluding hydrogens is 235 g/mol. The molecule has 0 radical (unpaired) electrons. The number of benzene rings is 1. The van der Waals surface area contributed by atoms with Crippen LogP contribution in [0.3, 0.4) is 0 Å². The quantitative estimate of drug-likeness (QED) is 0.472. The van der Waals surface area contributed by atoms with Gasteiger partial charge in [-0.25, -0.2) is 0 Å². The van der Waals surface area contributed by atoms with Crippen molar-refractivity contribution in [3.8, 4) is 0 Å². The third kappa shape index (κ3) is 2.69. The van der Waals surface area contributed by atoms with E-state index in [0.29, 0.717) is 21.2 Å². The summed E-state index contributed by atoms with van der Waals surface area (Å²) in [5.41, 5.74) is 1.49. The van der Waals surface area contributed by atoms with Gasteiger partial charge in [0, 0.05) is 0 Å². The summed E-state index contributed by atoms with van der Waals surface area (Å²) in [7, 11) is 0. The molecule has 1 aromatic rings. The van der Waals surface area contributed by atoms with Crippen molar-refractivity contribution in [1.29, 1.82) is 0 Å². The molecule has 0 bridgehead atoms. The Morgan fingerprint density at radius 2 is 1.90 bits per heavy atom. The number of rotatable bonds is 3. The fourth-order valence-corrected chi connectivity index (χ4v) is 2.01. The molecule has 0 atom stereocenters. The summed E-state index contributed by atoms with van der Waals surface area (Å²) in [4.78, 5) is 2.34. The molecule has 1 heteroatoms. The summed E-state index contributed by atoms with van der Waals surface area (Å²) < 4.78 is 1.42. The van der Waals surface area contributed by atoms with Crippen molar-refractivity contribution in [2.24, 2.45) is 0 Å². The van der Waals surface area contributed by atoms with Crippen LogP contribution in [0.5, 0.6) is 0 Å². The van der Waals surface area contributed by atoms with E-state index in [0.717, 1.165) is 0 Å². The molecule has 0 aliphatic heterocycles. The van der Waals surface area contributed by atoms with Crippen LogP contribution in [0, 0.1) is 0 Å². The maximum absolute atomic E-state index is 2.34. The molecule has 0 heterocycles. The van der Waals surface area contributed by atoms with Crippen molar-refractivity contribution in [3.05, 3.63) is 35.9 Å². The van der Waals surface area contributed by atoms with E-state index in [1.165, 1.54) is 16.4 Å². The van der Waals surface area contributed by atoms with E-state index in [1.807, 2.05) is 0 Å². The van der Waals surface area contributed by atoms with Crippen LogP contribution < -0.4 is 21.2 Å². The van der Waals surface area contributed by atoms with E-state index in [9.17, 15) is 0 Å². The molecule has 0 spiro atoms. The fourth-order valence-electron chi connectivity index (χ4n) is 0.848. The van der Waals surface area contributed by atoms with Crippen LogP contribution in [0.4, 0.5) is 0 Å². The molecule has 56 valence electrons. The number of halogens is 1. The van der Waals surface area contributed by atoms with E-state index in [1.54, 1.807) is 0 Å². The Morgan fingerprint density at radius 1 is 1.20 bits per heavy atom. The van der Waals surface area contributed by atoms with E-state index in [2.05, 4.69) is 35.3 Å². The van der Waals surface area contributed by atoms with Crippen LogP contribution >= 0.6 is 0 Å². The second-order valence-corrected chi connectivity index (χ2v) is 4.80. The molecule has 0 nitrogen and oxygen atoms in total. The Bertz CT molecular complexity index is 169. The summed E-state index contributed by atoms with van der Waals surface area (Å²) in [6, 6.07) is 10.7. The third-order valence-corrected chi connectivity index (χ3v) is 3.03. The van der Waals surface area contributed by atoms with Crippen LogP contribution in [0.2, 0.25) is 0 Å².